The number of nitrogens with two attached hydrogens (primary N) is 1. The van der Waals surface area contributed by atoms with Crippen LogP contribution in [0.25, 0.3) is 0 Å². The van der Waals surface area contributed by atoms with E-state index in [-0.39, 0.29) is 216 Å². The van der Waals surface area contributed by atoms with Crippen LogP contribution in [0.5, 0.6) is 34.5 Å². The third-order valence-corrected chi connectivity index (χ3v) is 30.6. The molecule has 11 atom stereocenters. The van der Waals surface area contributed by atoms with Crippen molar-refractivity contribution in [2.45, 2.75) is 180 Å². The van der Waals surface area contributed by atoms with E-state index >= 15 is 0 Å². The summed E-state index contributed by atoms with van der Waals surface area (Å²) < 4.78 is 123. The van der Waals surface area contributed by atoms with Crippen LogP contribution in [0.2, 0.25) is 0 Å². The summed E-state index contributed by atoms with van der Waals surface area (Å²) in [6.45, 7) is 18.7. The number of aryl methyl sites for hydroxylation is 1. The third kappa shape index (κ3) is 18.9. The van der Waals surface area contributed by atoms with Crippen molar-refractivity contribution < 1.29 is 113 Å². The molecule has 798 valence electrons. The van der Waals surface area contributed by atoms with E-state index in [1.165, 1.54) is 71.5 Å². The molecule has 12 aliphatic heterocycles. The molecule has 3 aromatic carbocycles. The first-order valence-electron chi connectivity index (χ1n) is 49.1. The maximum atomic E-state index is 13.9. The SMILES string of the molecule is CCN1C[C@@H]2CC(C)c3c(C(=O)NCc4ccc(F)cc4F)c(=O)c(OC)c(n32)C1=O.CCN1C[C@@H]2CC(N)c3c(C(=O)NCc4ccc(F)cc4F)c(=O)c(OC)c(n32)C1=O.CCN1C[C@@H]2CC(O)c3c(C(=O)NCc4ccc(F)cc4F)c(=O)c(OC)c(n32)C1=O.CCN1C[C@@H]2CC(O)c3c(I)c(=O)c(OC)c(n32)C1=O.CCN1C[C@@H]2CC(O)c3cc(=O)c(OC)c(n32)C1=O.CCN1C[C@@H]2CCc3cc(=O)c(OC)c(n32)C1=O. The molecule has 0 radical (unpaired) electrons. The summed E-state index contributed by atoms with van der Waals surface area (Å²) in [5.74, 6) is -8.95. The molecular weight excluding hydrogens is 2090 g/mol. The number of ether oxygens (including phenoxy) is 6. The summed E-state index contributed by atoms with van der Waals surface area (Å²) in [7, 11) is 8.02. The standard InChI is InChI=1S/C22H23F2N3O4.C21H22F2N4O4.C21H21F2N3O5.C13H15IN2O4.C13H16N2O4.C13H16N2O3/c1-4-26-10-14-7-11(2)17-16(19(28)20(31-3)18(22(26)30)27(14)17)21(29)25-9-12-5-6-13(23)8-15(12)24;1-3-26-9-12-7-14(24)16-15(18(28)19(31-2)17(21(26)30)27(12)16)20(29)25-8-10-4-5-11(22)6-13(10)23;1-3-25-9-12-7-14(27)16-15(18(28)19(31-2)17(21(25)30)26(12)16)20(29)24-8-10-4-5-11(22)6-13(10)23;1-3-15-5-6-4-7(17)9-8(14)11(18)12(20-2)10(13(15)19)16(6)9;1-3-14-6-7-4-9(16)8-5-10(17)12(19-2)11(13(14)18)15(7)8;1-3-14-7-9-5-4-8-6-10(16)12(18-2)11(13(14)17)15(8)9/h5-6,8,11,14H,4,7,9-10H2,1-3H3,(H,25,29);4-6,12,14H,3,7-9,24H2,1-2H3,(H,25,29);4-6,12,14,27H,3,7-9H2,1-2H3,(H,24,29);6-7,17H,3-5H2,1-2H3;5,7,9,16H,3-4,6H2,1-2H3;6,9H,3-5,7H2,1-2H3/t11?,14-;2*12-,14?;6-,7?;7-,9?;9-/m000000/s1. The van der Waals surface area contributed by atoms with Crippen molar-refractivity contribution in [2.75, 3.05) is 121 Å². The predicted octanol–water partition coefficient (Wildman–Crippen LogP) is 7.64. The quantitative estimate of drug-likeness (QED) is 0.0268. The molecule has 21 rings (SSSR count). The van der Waals surface area contributed by atoms with Gasteiger partial charge in [-0.15, -0.1) is 0 Å². The highest BCUT2D eigenvalue weighted by Crippen LogP contribution is 2.49. The van der Waals surface area contributed by atoms with Crippen LogP contribution in [-0.4, -0.2) is 246 Å². The molecule has 0 fully saturated rings. The highest BCUT2D eigenvalue weighted by Gasteiger charge is 2.51. The number of hydrogen-bond donors (Lipinski definition) is 7. The second kappa shape index (κ2) is 43.6. The van der Waals surface area contributed by atoms with Gasteiger partial charge in [0, 0.05) is 182 Å². The van der Waals surface area contributed by atoms with Crippen LogP contribution >= 0.6 is 22.6 Å². The lowest BCUT2D eigenvalue weighted by molar-refractivity contribution is 0.0662. The van der Waals surface area contributed by atoms with Gasteiger partial charge in [-0.2, -0.15) is 0 Å². The van der Waals surface area contributed by atoms with E-state index in [1.54, 1.807) is 60.7 Å². The topological polar surface area (TPSA) is 483 Å². The number of benzene rings is 3. The number of carbonyl (C=O) groups is 9. The Morgan fingerprint density at radius 2 is 0.653 bits per heavy atom. The summed E-state index contributed by atoms with van der Waals surface area (Å²) >= 11 is 1.93. The number of aliphatic hydroxyl groups excluding tert-OH is 3. The van der Waals surface area contributed by atoms with E-state index in [4.69, 9.17) is 34.2 Å². The Balaban J connectivity index is 0.000000130. The number of carbonyl (C=O) groups excluding carboxylic acids is 9. The fraction of sp³-hybridized carbons (Fsp3) is 0.447. The fourth-order valence-corrected chi connectivity index (χ4v) is 23.4. The van der Waals surface area contributed by atoms with Gasteiger partial charge in [0.15, 0.2) is 68.7 Å². The van der Waals surface area contributed by atoms with Crippen LogP contribution in [0.15, 0.2) is 95.5 Å². The number of aliphatic hydroxyl groups is 3. The number of aromatic nitrogens is 6. The average Bonchev–Trinajstić information content (AvgIpc) is 1.56. The molecule has 0 aliphatic carbocycles. The second-order valence-electron chi connectivity index (χ2n) is 37.8. The van der Waals surface area contributed by atoms with Crippen LogP contribution in [0, 0.1) is 38.5 Å². The van der Waals surface area contributed by atoms with E-state index in [0.29, 0.717) is 142 Å². The van der Waals surface area contributed by atoms with Gasteiger partial charge in [0.25, 0.3) is 53.2 Å². The fourth-order valence-electron chi connectivity index (χ4n) is 22.6. The monoisotopic (exact) mass is 2200 g/mol. The summed E-state index contributed by atoms with van der Waals surface area (Å²) in [4.78, 5) is 201. The van der Waals surface area contributed by atoms with Crippen molar-refractivity contribution in [1.29, 1.82) is 0 Å². The van der Waals surface area contributed by atoms with Crippen molar-refractivity contribution in [2.24, 2.45) is 5.73 Å². The maximum absolute atomic E-state index is 13.9. The number of nitrogens with one attached hydrogen (secondary N) is 3. The van der Waals surface area contributed by atoms with Crippen molar-refractivity contribution in [1.82, 2.24) is 72.8 Å². The predicted molar refractivity (Wildman–Crippen MR) is 534 cm³/mol. The first-order valence-corrected chi connectivity index (χ1v) is 50.2. The summed E-state index contributed by atoms with van der Waals surface area (Å²) in [6.07, 6.45) is 1.76. The molecular formula is C103H113F6IN16O24. The molecule has 5 unspecified atom stereocenters. The maximum Gasteiger partial charge on any atom is 0.274 e. The number of nitrogens with zero attached hydrogens (tertiary/aromatic N) is 12. The highest BCUT2D eigenvalue weighted by molar-refractivity contribution is 14.1. The number of pyridine rings is 6. The van der Waals surface area contributed by atoms with E-state index in [1.807, 2.05) is 68.7 Å². The molecule has 0 saturated carbocycles. The molecule has 8 N–H and O–H groups in total. The lowest BCUT2D eigenvalue weighted by Gasteiger charge is -2.34. The van der Waals surface area contributed by atoms with Crippen molar-refractivity contribution in [3.8, 4) is 34.5 Å². The van der Waals surface area contributed by atoms with Gasteiger partial charge in [0.2, 0.25) is 32.6 Å². The number of hydrogen-bond acceptors (Lipinski definition) is 25. The Morgan fingerprint density at radius 1 is 0.360 bits per heavy atom. The van der Waals surface area contributed by atoms with Crippen LogP contribution in [0.1, 0.15) is 298 Å². The van der Waals surface area contributed by atoms with E-state index < -0.39 is 99.2 Å². The summed E-state index contributed by atoms with van der Waals surface area (Å²) in [5.41, 5.74) is 6.81. The zero-order valence-electron chi connectivity index (χ0n) is 84.3. The molecule has 150 heavy (non-hydrogen) atoms. The van der Waals surface area contributed by atoms with Gasteiger partial charge in [-0.3, -0.25) is 71.9 Å². The lowest BCUT2D eigenvalue weighted by atomic mass is 9.99. The number of amides is 9. The summed E-state index contributed by atoms with van der Waals surface area (Å²) in [6, 6.07) is 11.1. The van der Waals surface area contributed by atoms with E-state index in [0.717, 1.165) is 49.3 Å². The molecule has 9 amide bonds. The Bertz CT molecular complexity index is 7050. The average molecular weight is 2200 g/mol. The van der Waals surface area contributed by atoms with Gasteiger partial charge in [-0.25, -0.2) is 26.3 Å². The van der Waals surface area contributed by atoms with Crippen LogP contribution in [-0.2, 0) is 26.1 Å². The summed E-state index contributed by atoms with van der Waals surface area (Å²) in [5, 5.41) is 38.4. The van der Waals surface area contributed by atoms with Gasteiger partial charge >= 0.3 is 0 Å². The van der Waals surface area contributed by atoms with Crippen LogP contribution in [0.4, 0.5) is 26.3 Å². The smallest absolute Gasteiger partial charge is 0.274 e. The second-order valence-corrected chi connectivity index (χ2v) is 38.8. The Morgan fingerprint density at radius 3 is 1.03 bits per heavy atom. The largest absolute Gasteiger partial charge is 0.491 e. The Hall–Kier alpha value is -14.5. The number of methoxy groups -OCH3 is 6. The molecule has 0 saturated heterocycles. The molecule has 40 nitrogen and oxygen atoms in total. The Kier molecular flexibility index (Phi) is 31.5. The molecule has 0 bridgehead atoms. The minimum absolute atomic E-state index is 0.00988. The van der Waals surface area contributed by atoms with E-state index in [2.05, 4.69) is 16.0 Å². The first kappa shape index (κ1) is 108. The van der Waals surface area contributed by atoms with Crippen molar-refractivity contribution in [3.05, 3.63) is 268 Å². The minimum Gasteiger partial charge on any atom is -0.491 e. The van der Waals surface area contributed by atoms with E-state index in [9.17, 15) is 114 Å². The first-order chi connectivity index (χ1) is 71.6. The third-order valence-electron chi connectivity index (χ3n) is 29.5. The molecule has 18 heterocycles. The van der Waals surface area contributed by atoms with Crippen molar-refractivity contribution in [3.63, 3.8) is 0 Å². The highest BCUT2D eigenvalue weighted by atomic mass is 127. The van der Waals surface area contributed by atoms with Gasteiger partial charge in [0.05, 0.1) is 124 Å². The molecule has 47 heteroatoms. The normalized spacial score (nSPS) is 20.9. The zero-order chi connectivity index (χ0) is 109. The van der Waals surface area contributed by atoms with Crippen LogP contribution < -0.4 is 82.7 Å². The lowest BCUT2D eigenvalue weighted by Crippen LogP contribution is -2.45. The molecule has 9 aromatic rings. The van der Waals surface area contributed by atoms with Gasteiger partial charge in [-0.05, 0) is 114 Å². The number of likely N-dealkylation sites (N-methyl/N-ethyl adjacent to an activating group) is 6. The number of rotatable bonds is 21. The minimum atomic E-state index is -1.13. The Labute approximate surface area is 866 Å². The zero-order valence-corrected chi connectivity index (χ0v) is 86.4. The van der Waals surface area contributed by atoms with Crippen molar-refractivity contribution >= 4 is 75.8 Å². The van der Waals surface area contributed by atoms with Crippen LogP contribution in [0.3, 0.4) is 0 Å². The van der Waals surface area contributed by atoms with Gasteiger partial charge in [-0.1, -0.05) is 25.1 Å². The molecule has 6 aromatic heterocycles. The number of halogens is 7. The van der Waals surface area contributed by atoms with Gasteiger partial charge in [0.1, 0.15) is 51.6 Å². The molecule has 0 spiro atoms. The molecule has 12 aliphatic rings. The van der Waals surface area contributed by atoms with Gasteiger partial charge < -0.3 is 122 Å².